The Morgan fingerprint density at radius 1 is 0.595 bits per heavy atom. The van der Waals surface area contributed by atoms with Crippen molar-refractivity contribution < 1.29 is 63.2 Å². The number of aryl methyl sites for hydroxylation is 2. The Kier molecular flexibility index (Phi) is 23.5. The number of anilines is 1. The number of ether oxygens (including phenoxy) is 3. The number of fused-ring (bicyclic) bond motifs is 2. The fourth-order valence-corrected chi connectivity index (χ4v) is 12.4. The Morgan fingerprint density at radius 3 is 1.71 bits per heavy atom. The molecule has 20 heteroatoms. The van der Waals surface area contributed by atoms with Gasteiger partial charge in [-0.3, -0.25) is 23.7 Å². The summed E-state index contributed by atoms with van der Waals surface area (Å²) in [4.78, 5) is 56.8. The second-order valence-electron chi connectivity index (χ2n) is 19.3. The summed E-state index contributed by atoms with van der Waals surface area (Å²) in [5.74, 6) is 1.45. The molecule has 79 heavy (non-hydrogen) atoms. The molecule has 0 fully saturated rings. The first-order valence-corrected chi connectivity index (χ1v) is 31.2. The molecule has 0 atom stereocenters. The van der Waals surface area contributed by atoms with E-state index in [1.54, 1.807) is 43.0 Å². The van der Waals surface area contributed by atoms with Crippen molar-refractivity contribution in [2.24, 2.45) is 5.92 Å². The Bertz CT molecular complexity index is 3190. The van der Waals surface area contributed by atoms with Gasteiger partial charge in [-0.1, -0.05) is 89.7 Å². The number of Topliss-reactive ketones (excluding diaryl/α,β-unsaturated/α-hetero) is 1. The van der Waals surface area contributed by atoms with Gasteiger partial charge in [0.1, 0.15) is 0 Å². The molecule has 3 amide bonds. The summed E-state index contributed by atoms with van der Waals surface area (Å²) in [5, 5.41) is 2.90. The van der Waals surface area contributed by atoms with Crippen molar-refractivity contribution in [1.29, 1.82) is 0 Å². The summed E-state index contributed by atoms with van der Waals surface area (Å²) < 4.78 is 104. The van der Waals surface area contributed by atoms with Gasteiger partial charge in [-0.15, -0.1) is 0 Å². The lowest BCUT2D eigenvalue weighted by Gasteiger charge is -2.26. The molecule has 0 unspecified atom stereocenters. The van der Waals surface area contributed by atoms with Crippen LogP contribution in [0.3, 0.4) is 0 Å². The van der Waals surface area contributed by atoms with Crippen molar-refractivity contribution in [3.8, 4) is 11.8 Å². The molecule has 5 aromatic rings. The van der Waals surface area contributed by atoms with E-state index >= 15 is 0 Å². The summed E-state index contributed by atoms with van der Waals surface area (Å²) in [6, 6.07) is 32.9. The standard InChI is InChI=1S/C59H69N3O14S3/c1-45-18-28-53(29-19-45)77(67,68)43-52(44-78(69,70)54-30-20-46(2)21-31-54)58(65)49-24-26-50(27-25-49)59(66)61(34-11-41-79(71,72)73)33-10-36-75-38-40-76-39-37-74-35-9-32-60-56(63)16-7-8-17-57(64)62-42-51-14-4-3-12-47(51)22-23-48-13-5-6-15-55(48)62/h3-6,12-15,18-21,24-31,52H,7-11,16-17,32-44H2,1-2H3,(H,60,63)(H,71,72,73). The lowest BCUT2D eigenvalue weighted by Crippen LogP contribution is -2.34. The highest BCUT2D eigenvalue weighted by atomic mass is 32.2. The normalized spacial score (nSPS) is 12.4. The largest absolute Gasteiger partial charge is 0.379 e. The Morgan fingerprint density at radius 2 is 1.10 bits per heavy atom. The van der Waals surface area contributed by atoms with Gasteiger partial charge < -0.3 is 29.3 Å². The van der Waals surface area contributed by atoms with E-state index in [1.807, 2.05) is 48.5 Å². The summed E-state index contributed by atoms with van der Waals surface area (Å²) in [6.45, 7) is 6.41. The van der Waals surface area contributed by atoms with Crippen molar-refractivity contribution in [2.45, 2.75) is 75.1 Å². The van der Waals surface area contributed by atoms with Gasteiger partial charge in [-0.2, -0.15) is 8.42 Å². The van der Waals surface area contributed by atoms with E-state index in [-0.39, 0.29) is 72.1 Å². The zero-order chi connectivity index (χ0) is 56.8. The Hall–Kier alpha value is -6.57. The topological polar surface area (TPSA) is 237 Å². The van der Waals surface area contributed by atoms with Crippen molar-refractivity contribution in [2.75, 3.05) is 81.4 Å². The summed E-state index contributed by atoms with van der Waals surface area (Å²) >= 11 is 0. The molecule has 2 N–H and O–H groups in total. The number of amides is 3. The highest BCUT2D eigenvalue weighted by Crippen LogP contribution is 2.27. The second-order valence-corrected chi connectivity index (χ2v) is 24.9. The van der Waals surface area contributed by atoms with Gasteiger partial charge in [0, 0.05) is 67.9 Å². The number of sulfone groups is 2. The van der Waals surface area contributed by atoms with Gasteiger partial charge in [0.25, 0.3) is 16.0 Å². The molecule has 422 valence electrons. The van der Waals surface area contributed by atoms with E-state index in [2.05, 4.69) is 17.2 Å². The highest BCUT2D eigenvalue weighted by Gasteiger charge is 2.33. The molecule has 0 saturated carbocycles. The number of hydrogen-bond acceptors (Lipinski definition) is 13. The molecule has 0 spiro atoms. The minimum absolute atomic E-state index is 0.00863. The van der Waals surface area contributed by atoms with E-state index < -0.39 is 64.7 Å². The van der Waals surface area contributed by atoms with E-state index in [4.69, 9.17) is 14.2 Å². The minimum atomic E-state index is -4.31. The van der Waals surface area contributed by atoms with Crippen LogP contribution in [0.25, 0.3) is 0 Å². The fourth-order valence-electron chi connectivity index (χ4n) is 8.65. The molecule has 0 aliphatic carbocycles. The zero-order valence-electron chi connectivity index (χ0n) is 44.6. The highest BCUT2D eigenvalue weighted by molar-refractivity contribution is 7.92. The van der Waals surface area contributed by atoms with Crippen LogP contribution in [0, 0.1) is 31.6 Å². The maximum absolute atomic E-state index is 14.1. The fraction of sp³-hybridized carbons (Fsp3) is 0.390. The van der Waals surface area contributed by atoms with Crippen LogP contribution in [0.15, 0.2) is 131 Å². The number of unbranched alkanes of at least 4 members (excludes halogenated alkanes) is 1. The number of nitrogens with zero attached hydrogens (tertiary/aromatic N) is 2. The molecule has 6 rings (SSSR count). The number of ketones is 1. The Labute approximate surface area is 464 Å². The van der Waals surface area contributed by atoms with Crippen molar-refractivity contribution in [3.63, 3.8) is 0 Å². The molecule has 1 aliphatic rings. The number of benzene rings is 5. The first-order valence-electron chi connectivity index (χ1n) is 26.3. The number of hydrogen-bond donors (Lipinski definition) is 2. The predicted octanol–water partition coefficient (Wildman–Crippen LogP) is 7.22. The van der Waals surface area contributed by atoms with Gasteiger partial charge in [-0.25, -0.2) is 16.8 Å². The third-order valence-electron chi connectivity index (χ3n) is 13.0. The van der Waals surface area contributed by atoms with Gasteiger partial charge >= 0.3 is 0 Å². The second kappa shape index (κ2) is 30.1. The number of carbonyl (C=O) groups is 4. The molecule has 0 bridgehead atoms. The first-order chi connectivity index (χ1) is 37.8. The van der Waals surface area contributed by atoms with E-state index in [9.17, 15) is 49.0 Å². The van der Waals surface area contributed by atoms with E-state index in [0.29, 0.717) is 71.4 Å². The molecule has 17 nitrogen and oxygen atoms in total. The molecular formula is C59H69N3O14S3. The lowest BCUT2D eigenvalue weighted by molar-refractivity contribution is -0.122. The Balaban J connectivity index is 0.870. The number of nitrogens with one attached hydrogen (secondary N) is 1. The van der Waals surface area contributed by atoms with Crippen LogP contribution < -0.4 is 10.2 Å². The summed E-state index contributed by atoms with van der Waals surface area (Å²) in [6.07, 6.45) is 2.69. The molecule has 1 heterocycles. The number of carbonyl (C=O) groups excluding carboxylic acids is 4. The first kappa shape index (κ1) is 61.6. The molecule has 0 radical (unpaired) electrons. The van der Waals surface area contributed by atoms with Crippen LogP contribution in [0.2, 0.25) is 0 Å². The maximum atomic E-state index is 14.1. The van der Waals surface area contributed by atoms with Gasteiger partial charge in [0.05, 0.1) is 71.6 Å². The quantitative estimate of drug-likeness (QED) is 0.0187. The summed E-state index contributed by atoms with van der Waals surface area (Å²) in [7, 11) is -12.6. The van der Waals surface area contributed by atoms with Crippen molar-refractivity contribution in [1.82, 2.24) is 10.2 Å². The van der Waals surface area contributed by atoms with Crippen LogP contribution in [-0.4, -0.2) is 135 Å². The predicted molar refractivity (Wildman–Crippen MR) is 301 cm³/mol. The van der Waals surface area contributed by atoms with E-state index in [0.717, 1.165) is 33.5 Å². The average Bonchev–Trinajstić information content (AvgIpc) is 3.47. The van der Waals surface area contributed by atoms with Crippen LogP contribution in [0.5, 0.6) is 0 Å². The third-order valence-corrected chi connectivity index (χ3v) is 17.4. The van der Waals surface area contributed by atoms with Crippen molar-refractivity contribution >= 4 is 59.0 Å². The van der Waals surface area contributed by atoms with Crippen LogP contribution in [0.1, 0.15) is 93.5 Å². The third kappa shape index (κ3) is 19.9. The molecule has 0 aromatic heterocycles. The van der Waals surface area contributed by atoms with Gasteiger partial charge in [-0.05, 0) is 106 Å². The van der Waals surface area contributed by atoms with Gasteiger partial charge in [0.15, 0.2) is 25.5 Å². The molecule has 0 saturated heterocycles. The van der Waals surface area contributed by atoms with Crippen molar-refractivity contribution in [3.05, 3.63) is 160 Å². The summed E-state index contributed by atoms with van der Waals surface area (Å²) in [5.41, 5.74) is 5.23. The molecule has 5 aromatic carbocycles. The zero-order valence-corrected chi connectivity index (χ0v) is 47.1. The average molecular weight is 1140 g/mol. The van der Waals surface area contributed by atoms with Crippen LogP contribution >= 0.6 is 0 Å². The van der Waals surface area contributed by atoms with Crippen LogP contribution in [-0.2, 0) is 60.1 Å². The number of para-hydroxylation sites is 1. The van der Waals surface area contributed by atoms with E-state index in [1.165, 1.54) is 53.4 Å². The molecule has 1 aliphatic heterocycles. The SMILES string of the molecule is Cc1ccc(S(=O)(=O)CC(CS(=O)(=O)c2ccc(C)cc2)C(=O)c2ccc(C(=O)N(CCCOCCOCCOCCCNC(=O)CCCCC(=O)N3Cc4ccccc4C#Cc4ccccc43)CCCS(=O)(=O)O)cc2)cc1. The molecular weight excluding hydrogens is 1070 g/mol. The van der Waals surface area contributed by atoms with Crippen LogP contribution in [0.4, 0.5) is 5.69 Å². The number of rotatable bonds is 32. The minimum Gasteiger partial charge on any atom is -0.379 e. The lowest BCUT2D eigenvalue weighted by atomic mass is 9.99. The van der Waals surface area contributed by atoms with Gasteiger partial charge in [0.2, 0.25) is 11.8 Å². The monoisotopic (exact) mass is 1140 g/mol. The maximum Gasteiger partial charge on any atom is 0.264 e. The smallest absolute Gasteiger partial charge is 0.264 e.